The van der Waals surface area contributed by atoms with Crippen molar-refractivity contribution in [1.82, 2.24) is 9.55 Å². The molecule has 3 heterocycles. The highest BCUT2D eigenvalue weighted by atomic mass is 32.2. The molecule has 1 aromatic carbocycles. The highest BCUT2D eigenvalue weighted by molar-refractivity contribution is 8.00. The Kier molecular flexibility index (Phi) is 5.34. The first-order valence-corrected chi connectivity index (χ1v) is 10.1. The fourth-order valence-electron chi connectivity index (χ4n) is 3.49. The van der Waals surface area contributed by atoms with E-state index in [4.69, 9.17) is 4.74 Å². The van der Waals surface area contributed by atoms with Gasteiger partial charge in [0.2, 0.25) is 0 Å². The number of carbonyl (C=O) groups excluding carboxylic acids is 2. The number of fused-ring (bicyclic) bond motifs is 1. The summed E-state index contributed by atoms with van der Waals surface area (Å²) >= 11 is 1.66. The molecule has 0 saturated carbocycles. The minimum Gasteiger partial charge on any atom is -0.469 e. The van der Waals surface area contributed by atoms with Crippen LogP contribution in [-0.2, 0) is 16.1 Å². The van der Waals surface area contributed by atoms with Crippen molar-refractivity contribution in [2.75, 3.05) is 23.7 Å². The minimum absolute atomic E-state index is 0.0786. The van der Waals surface area contributed by atoms with Crippen LogP contribution in [0.4, 0.5) is 5.69 Å². The molecule has 1 aliphatic heterocycles. The van der Waals surface area contributed by atoms with E-state index in [2.05, 4.69) is 9.29 Å². The third-order valence-electron chi connectivity index (χ3n) is 4.96. The van der Waals surface area contributed by atoms with E-state index in [0.717, 1.165) is 27.9 Å². The zero-order valence-corrected chi connectivity index (χ0v) is 16.4. The molecule has 1 fully saturated rings. The topological polar surface area (TPSA) is 64.4 Å². The third kappa shape index (κ3) is 3.62. The van der Waals surface area contributed by atoms with Gasteiger partial charge < -0.3 is 13.6 Å². The lowest BCUT2D eigenvalue weighted by Gasteiger charge is -2.15. The minimum atomic E-state index is -0.259. The number of para-hydroxylation sites is 1. The predicted octanol–water partition coefficient (Wildman–Crippen LogP) is 3.57. The summed E-state index contributed by atoms with van der Waals surface area (Å²) in [5, 5.41) is 0.933. The summed E-state index contributed by atoms with van der Waals surface area (Å²) < 4.78 is 8.84. The second kappa shape index (κ2) is 8.06. The van der Waals surface area contributed by atoms with Crippen LogP contribution in [0, 0.1) is 5.92 Å². The van der Waals surface area contributed by atoms with Crippen LogP contribution in [0.3, 0.4) is 0 Å². The molecular weight excluding hydrogens is 374 g/mol. The molecule has 28 heavy (non-hydrogen) atoms. The molecule has 1 unspecified atom stereocenters. The first kappa shape index (κ1) is 18.6. The first-order chi connectivity index (χ1) is 13.7. The van der Waals surface area contributed by atoms with Crippen molar-refractivity contribution >= 4 is 40.3 Å². The second-order valence-electron chi connectivity index (χ2n) is 6.71. The van der Waals surface area contributed by atoms with Gasteiger partial charge in [-0.1, -0.05) is 18.2 Å². The van der Waals surface area contributed by atoms with Gasteiger partial charge in [-0.3, -0.25) is 14.6 Å². The summed E-state index contributed by atoms with van der Waals surface area (Å²) in [5.74, 6) is 0.553. The molecule has 6 nitrogen and oxygen atoms in total. The van der Waals surface area contributed by atoms with E-state index >= 15 is 0 Å². The van der Waals surface area contributed by atoms with Crippen LogP contribution in [0.1, 0.15) is 16.8 Å². The van der Waals surface area contributed by atoms with Gasteiger partial charge in [0.15, 0.2) is 5.78 Å². The molecular formula is C21H21N3O3S. The molecule has 144 valence electrons. The zero-order valence-electron chi connectivity index (χ0n) is 15.6. The van der Waals surface area contributed by atoms with Crippen LogP contribution in [-0.4, -0.2) is 40.7 Å². The number of nitrogens with zero attached hydrogens (tertiary/aromatic N) is 3. The molecule has 4 rings (SSSR count). The van der Waals surface area contributed by atoms with E-state index < -0.39 is 0 Å². The fourth-order valence-corrected chi connectivity index (χ4v) is 4.65. The lowest BCUT2D eigenvalue weighted by Crippen LogP contribution is -2.22. The number of hydrogen-bond donors (Lipinski definition) is 0. The number of ether oxygens (including phenoxy) is 1. The number of esters is 1. The summed E-state index contributed by atoms with van der Waals surface area (Å²) in [6.07, 6.45) is 5.72. The van der Waals surface area contributed by atoms with Gasteiger partial charge in [0.25, 0.3) is 0 Å². The van der Waals surface area contributed by atoms with Gasteiger partial charge in [-0.05, 0) is 30.1 Å². The van der Waals surface area contributed by atoms with Gasteiger partial charge in [-0.15, -0.1) is 0 Å². The molecule has 1 atom stereocenters. The summed E-state index contributed by atoms with van der Waals surface area (Å²) in [5.41, 5.74) is 2.70. The number of aryl methyl sites for hydroxylation is 1. The number of pyridine rings is 1. The van der Waals surface area contributed by atoms with Crippen LogP contribution >= 0.6 is 11.9 Å². The Morgan fingerprint density at radius 1 is 1.25 bits per heavy atom. The van der Waals surface area contributed by atoms with Crippen molar-refractivity contribution in [2.45, 2.75) is 13.0 Å². The number of benzene rings is 1. The second-order valence-corrected chi connectivity index (χ2v) is 7.74. The maximum atomic E-state index is 13.3. The Hall–Kier alpha value is -2.80. The Labute approximate surface area is 167 Å². The van der Waals surface area contributed by atoms with Crippen molar-refractivity contribution in [2.24, 2.45) is 5.92 Å². The predicted molar refractivity (Wildman–Crippen MR) is 110 cm³/mol. The summed E-state index contributed by atoms with van der Waals surface area (Å²) in [6, 6.07) is 11.7. The SMILES string of the molecule is COC(=O)CCn1cc(C(=O)C2CSN(c3cccnc3)C2)c2ccccc21. The van der Waals surface area contributed by atoms with Crippen molar-refractivity contribution in [3.63, 3.8) is 0 Å². The molecule has 2 aromatic heterocycles. The lowest BCUT2D eigenvalue weighted by molar-refractivity contribution is -0.140. The van der Waals surface area contributed by atoms with Gasteiger partial charge in [-0.25, -0.2) is 0 Å². The number of hydrogen-bond acceptors (Lipinski definition) is 6. The average Bonchev–Trinajstić information content (AvgIpc) is 3.38. The number of Topliss-reactive ketones (excluding diaryl/α,β-unsaturated/α-hetero) is 1. The smallest absolute Gasteiger partial charge is 0.307 e. The molecule has 3 aromatic rings. The number of methoxy groups -OCH3 is 1. The highest BCUT2D eigenvalue weighted by Crippen LogP contribution is 2.34. The van der Waals surface area contributed by atoms with E-state index in [1.54, 1.807) is 18.1 Å². The van der Waals surface area contributed by atoms with Gasteiger partial charge in [0, 0.05) is 47.7 Å². The molecule has 0 aliphatic carbocycles. The van der Waals surface area contributed by atoms with Gasteiger partial charge in [-0.2, -0.15) is 0 Å². The Morgan fingerprint density at radius 2 is 2.11 bits per heavy atom. The molecule has 1 aliphatic rings. The quantitative estimate of drug-likeness (QED) is 0.361. The summed E-state index contributed by atoms with van der Waals surface area (Å²) in [6.45, 7) is 1.15. The number of rotatable bonds is 6. The van der Waals surface area contributed by atoms with E-state index in [-0.39, 0.29) is 24.1 Å². The van der Waals surface area contributed by atoms with E-state index in [1.165, 1.54) is 7.11 Å². The van der Waals surface area contributed by atoms with Crippen molar-refractivity contribution in [3.05, 3.63) is 60.6 Å². The van der Waals surface area contributed by atoms with Crippen molar-refractivity contribution < 1.29 is 14.3 Å². The number of carbonyl (C=O) groups is 2. The Bertz CT molecular complexity index is 1000. The molecule has 0 bridgehead atoms. The van der Waals surface area contributed by atoms with Crippen LogP contribution in [0.25, 0.3) is 10.9 Å². The van der Waals surface area contributed by atoms with E-state index in [0.29, 0.717) is 13.1 Å². The fraction of sp³-hybridized carbons (Fsp3) is 0.286. The highest BCUT2D eigenvalue weighted by Gasteiger charge is 2.31. The Balaban J connectivity index is 1.57. The first-order valence-electron chi connectivity index (χ1n) is 9.16. The number of ketones is 1. The summed E-state index contributed by atoms with van der Waals surface area (Å²) in [7, 11) is 1.39. The van der Waals surface area contributed by atoms with Gasteiger partial charge in [0.05, 0.1) is 31.3 Å². The van der Waals surface area contributed by atoms with Crippen molar-refractivity contribution in [3.8, 4) is 0 Å². The zero-order chi connectivity index (χ0) is 19.5. The summed E-state index contributed by atoms with van der Waals surface area (Å²) in [4.78, 5) is 29.0. The van der Waals surface area contributed by atoms with Crippen LogP contribution in [0.2, 0.25) is 0 Å². The molecule has 0 amide bonds. The van der Waals surface area contributed by atoms with Gasteiger partial charge >= 0.3 is 5.97 Å². The molecule has 7 heteroatoms. The van der Waals surface area contributed by atoms with E-state index in [9.17, 15) is 9.59 Å². The third-order valence-corrected chi connectivity index (χ3v) is 6.18. The monoisotopic (exact) mass is 395 g/mol. The van der Waals surface area contributed by atoms with Crippen LogP contribution in [0.15, 0.2) is 55.0 Å². The molecule has 0 spiro atoms. The maximum Gasteiger partial charge on any atom is 0.307 e. The largest absolute Gasteiger partial charge is 0.469 e. The standard InChI is InChI=1S/C21H21N3O3S/c1-27-20(25)8-10-23-13-18(17-6-2-3-7-19(17)23)21(26)15-12-24(28-14-15)16-5-4-9-22-11-16/h2-7,9,11,13,15H,8,10,12,14H2,1H3. The van der Waals surface area contributed by atoms with Crippen LogP contribution < -0.4 is 4.31 Å². The van der Waals surface area contributed by atoms with Crippen molar-refractivity contribution in [1.29, 1.82) is 0 Å². The molecule has 0 radical (unpaired) electrons. The Morgan fingerprint density at radius 3 is 2.89 bits per heavy atom. The van der Waals surface area contributed by atoms with Crippen LogP contribution in [0.5, 0.6) is 0 Å². The molecule has 1 saturated heterocycles. The average molecular weight is 395 g/mol. The molecule has 0 N–H and O–H groups in total. The lowest BCUT2D eigenvalue weighted by atomic mass is 9.98. The van der Waals surface area contributed by atoms with Gasteiger partial charge in [0.1, 0.15) is 0 Å². The number of aromatic nitrogens is 2. The maximum absolute atomic E-state index is 13.3. The number of anilines is 1. The normalized spacial score (nSPS) is 16.5. The van der Waals surface area contributed by atoms with E-state index in [1.807, 2.05) is 53.4 Å².